The molecule has 0 spiro atoms. The van der Waals surface area contributed by atoms with Gasteiger partial charge in [0.15, 0.2) is 4.32 Å². The lowest BCUT2D eigenvalue weighted by Crippen LogP contribution is -2.27. The molecule has 1 saturated heterocycles. The third-order valence-electron chi connectivity index (χ3n) is 4.65. The van der Waals surface area contributed by atoms with Gasteiger partial charge in [-0.25, -0.2) is 0 Å². The molecule has 2 heterocycles. The number of furan rings is 1. The van der Waals surface area contributed by atoms with E-state index in [-0.39, 0.29) is 11.6 Å². The van der Waals surface area contributed by atoms with Crippen molar-refractivity contribution in [3.05, 3.63) is 80.9 Å². The lowest BCUT2D eigenvalue weighted by Gasteiger charge is -2.14. The molecule has 0 radical (unpaired) electrons. The van der Waals surface area contributed by atoms with Gasteiger partial charge in [-0.1, -0.05) is 41.7 Å². The molecule has 2 aromatic carbocycles. The van der Waals surface area contributed by atoms with Crippen LogP contribution < -0.4 is 9.64 Å². The Morgan fingerprint density at radius 2 is 1.90 bits per heavy atom. The number of thioether (sulfide) groups is 1. The van der Waals surface area contributed by atoms with Crippen LogP contribution in [0.2, 0.25) is 0 Å². The van der Waals surface area contributed by atoms with Crippen LogP contribution in [-0.2, 0) is 4.79 Å². The highest BCUT2D eigenvalue weighted by Crippen LogP contribution is 2.38. The molecule has 0 N–H and O–H groups in total. The van der Waals surface area contributed by atoms with Crippen LogP contribution in [-0.4, -0.2) is 22.3 Å². The molecule has 1 aliphatic rings. The van der Waals surface area contributed by atoms with Crippen LogP contribution in [0.3, 0.4) is 0 Å². The molecule has 9 heteroatoms. The summed E-state index contributed by atoms with van der Waals surface area (Å²) in [6.07, 6.45) is 1.59. The van der Waals surface area contributed by atoms with Crippen LogP contribution in [0.25, 0.3) is 17.4 Å². The van der Waals surface area contributed by atoms with Gasteiger partial charge in [-0.15, -0.1) is 0 Å². The molecule has 0 bridgehead atoms. The molecule has 0 aliphatic carbocycles. The van der Waals surface area contributed by atoms with Crippen LogP contribution in [0, 0.1) is 17.0 Å². The zero-order valence-electron chi connectivity index (χ0n) is 16.5. The van der Waals surface area contributed by atoms with E-state index in [4.69, 9.17) is 21.4 Å². The number of methoxy groups -OCH3 is 1. The Hall–Kier alpha value is -3.43. The quantitative estimate of drug-likeness (QED) is 0.216. The van der Waals surface area contributed by atoms with E-state index in [1.54, 1.807) is 30.3 Å². The number of anilines is 1. The van der Waals surface area contributed by atoms with Crippen molar-refractivity contribution in [2.24, 2.45) is 0 Å². The number of thiocarbonyl (C=S) groups is 1. The van der Waals surface area contributed by atoms with Crippen molar-refractivity contribution in [2.75, 3.05) is 12.0 Å². The van der Waals surface area contributed by atoms with Crippen LogP contribution in [0.1, 0.15) is 11.3 Å². The SMILES string of the molecule is COc1ccc(-c2ccc(/C=C3\SC(=S)N(c4ccc(C)cc4)C3=O)o2)c([N+](=O)[O-])c1. The average molecular weight is 453 g/mol. The maximum absolute atomic E-state index is 12.9. The first-order chi connectivity index (χ1) is 14.9. The fourth-order valence-corrected chi connectivity index (χ4v) is 4.37. The number of benzene rings is 2. The van der Waals surface area contributed by atoms with Crippen LogP contribution in [0.5, 0.6) is 5.75 Å². The van der Waals surface area contributed by atoms with Gasteiger partial charge in [-0.3, -0.25) is 19.8 Å². The van der Waals surface area contributed by atoms with Crippen LogP contribution >= 0.6 is 24.0 Å². The van der Waals surface area contributed by atoms with Crippen molar-refractivity contribution < 1.29 is 18.9 Å². The Labute approximate surface area is 187 Å². The van der Waals surface area contributed by atoms with Gasteiger partial charge in [-0.2, -0.15) is 0 Å². The number of aryl methyl sites for hydroxylation is 1. The number of rotatable bonds is 5. The van der Waals surface area contributed by atoms with Gasteiger partial charge in [0, 0.05) is 6.08 Å². The maximum atomic E-state index is 12.9. The van der Waals surface area contributed by atoms with Crippen LogP contribution in [0.4, 0.5) is 11.4 Å². The Morgan fingerprint density at radius 3 is 2.58 bits per heavy atom. The van der Waals surface area contributed by atoms with Gasteiger partial charge in [-0.05, 0) is 43.3 Å². The number of amides is 1. The fourth-order valence-electron chi connectivity index (χ4n) is 3.09. The minimum Gasteiger partial charge on any atom is -0.497 e. The summed E-state index contributed by atoms with van der Waals surface area (Å²) in [5.41, 5.74) is 1.97. The number of hydrogen-bond acceptors (Lipinski definition) is 7. The molecule has 4 rings (SSSR count). The van der Waals surface area contributed by atoms with Gasteiger partial charge in [0.1, 0.15) is 17.3 Å². The third-order valence-corrected chi connectivity index (χ3v) is 5.96. The van der Waals surface area contributed by atoms with Gasteiger partial charge in [0.2, 0.25) is 0 Å². The molecule has 1 fully saturated rings. The minimum atomic E-state index is -0.493. The van der Waals surface area contributed by atoms with Crippen molar-refractivity contribution in [2.45, 2.75) is 6.92 Å². The van der Waals surface area contributed by atoms with Gasteiger partial charge in [0.25, 0.3) is 11.6 Å². The van der Waals surface area contributed by atoms with Gasteiger partial charge in [0.05, 0.1) is 34.3 Å². The van der Waals surface area contributed by atoms with Crippen molar-refractivity contribution in [1.82, 2.24) is 0 Å². The fraction of sp³-hybridized carbons (Fsp3) is 0.0909. The Balaban J connectivity index is 1.63. The number of ether oxygens (including phenoxy) is 1. The van der Waals surface area contributed by atoms with Crippen molar-refractivity contribution in [3.63, 3.8) is 0 Å². The molecule has 1 aromatic heterocycles. The Bertz CT molecular complexity index is 1230. The van der Waals surface area contributed by atoms with E-state index in [2.05, 4.69) is 0 Å². The topological polar surface area (TPSA) is 85.8 Å². The molecule has 0 saturated carbocycles. The zero-order chi connectivity index (χ0) is 22.1. The van der Waals surface area contributed by atoms with Crippen molar-refractivity contribution in [1.29, 1.82) is 0 Å². The van der Waals surface area contributed by atoms with Gasteiger partial charge < -0.3 is 9.15 Å². The second-order valence-electron chi connectivity index (χ2n) is 6.69. The van der Waals surface area contributed by atoms with Crippen molar-refractivity contribution >= 4 is 51.7 Å². The summed E-state index contributed by atoms with van der Waals surface area (Å²) in [5, 5.41) is 11.4. The molecule has 156 valence electrons. The Morgan fingerprint density at radius 1 is 1.16 bits per heavy atom. The lowest BCUT2D eigenvalue weighted by molar-refractivity contribution is -0.384. The third kappa shape index (κ3) is 4.10. The molecular weight excluding hydrogens is 436 g/mol. The number of carbonyl (C=O) groups is 1. The molecular formula is C22H16N2O5S2. The average Bonchev–Trinajstić information content (AvgIpc) is 3.33. The predicted octanol–water partition coefficient (Wildman–Crippen LogP) is 5.58. The summed E-state index contributed by atoms with van der Waals surface area (Å²) in [4.78, 5) is 25.7. The summed E-state index contributed by atoms with van der Waals surface area (Å²) in [5.74, 6) is 0.841. The van der Waals surface area contributed by atoms with Crippen molar-refractivity contribution in [3.8, 4) is 17.1 Å². The Kier molecular flexibility index (Phi) is 5.62. The standard InChI is InChI=1S/C22H16N2O5S2/c1-13-3-5-14(6-4-13)23-21(25)20(31-22(23)30)12-16-8-10-19(29-16)17-9-7-15(28-2)11-18(17)24(26)27/h3-12H,1-2H3/b20-12-. The molecule has 1 amide bonds. The number of nitrogens with zero attached hydrogens (tertiary/aromatic N) is 2. The monoisotopic (exact) mass is 452 g/mol. The van der Waals surface area contributed by atoms with Gasteiger partial charge >= 0.3 is 0 Å². The highest BCUT2D eigenvalue weighted by molar-refractivity contribution is 8.27. The molecule has 0 atom stereocenters. The molecule has 0 unspecified atom stereocenters. The first-order valence-electron chi connectivity index (χ1n) is 9.14. The summed E-state index contributed by atoms with van der Waals surface area (Å²) < 4.78 is 11.3. The number of nitro groups is 1. The summed E-state index contributed by atoms with van der Waals surface area (Å²) in [6.45, 7) is 1.97. The zero-order valence-corrected chi connectivity index (χ0v) is 18.2. The summed E-state index contributed by atoms with van der Waals surface area (Å²) in [6, 6.07) is 15.3. The highest BCUT2D eigenvalue weighted by atomic mass is 32.2. The molecule has 31 heavy (non-hydrogen) atoms. The van der Waals surface area contributed by atoms with E-state index >= 15 is 0 Å². The second-order valence-corrected chi connectivity index (χ2v) is 8.37. The number of carbonyl (C=O) groups excluding carboxylic acids is 1. The first kappa shape index (κ1) is 20.8. The maximum Gasteiger partial charge on any atom is 0.284 e. The lowest BCUT2D eigenvalue weighted by atomic mass is 10.1. The summed E-state index contributed by atoms with van der Waals surface area (Å²) >= 11 is 6.56. The number of nitro benzene ring substituents is 1. The molecule has 7 nitrogen and oxygen atoms in total. The minimum absolute atomic E-state index is 0.133. The summed E-state index contributed by atoms with van der Waals surface area (Å²) in [7, 11) is 1.44. The largest absolute Gasteiger partial charge is 0.497 e. The van der Waals surface area contributed by atoms with E-state index in [1.807, 2.05) is 31.2 Å². The smallest absolute Gasteiger partial charge is 0.284 e. The second kappa shape index (κ2) is 8.37. The number of hydrogen-bond donors (Lipinski definition) is 0. The van der Waals surface area contributed by atoms with E-state index in [0.717, 1.165) is 5.56 Å². The highest BCUT2D eigenvalue weighted by Gasteiger charge is 2.33. The molecule has 1 aliphatic heterocycles. The first-order valence-corrected chi connectivity index (χ1v) is 10.4. The van der Waals surface area contributed by atoms with E-state index in [0.29, 0.717) is 37.7 Å². The van der Waals surface area contributed by atoms with E-state index < -0.39 is 4.92 Å². The molecule has 3 aromatic rings. The van der Waals surface area contributed by atoms with E-state index in [1.165, 1.54) is 29.8 Å². The predicted molar refractivity (Wildman–Crippen MR) is 124 cm³/mol. The van der Waals surface area contributed by atoms with Crippen LogP contribution in [0.15, 0.2) is 63.9 Å². The normalized spacial score (nSPS) is 15.0. The van der Waals surface area contributed by atoms with E-state index in [9.17, 15) is 14.9 Å².